The third-order valence-electron chi connectivity index (χ3n) is 3.15. The van der Waals surface area contributed by atoms with Crippen molar-refractivity contribution in [2.75, 3.05) is 13.7 Å². The molecule has 0 fully saturated rings. The van der Waals surface area contributed by atoms with Gasteiger partial charge in [0.15, 0.2) is 0 Å². The lowest BCUT2D eigenvalue weighted by molar-refractivity contribution is 0.0538. The Hall–Kier alpha value is -1.06. The van der Waals surface area contributed by atoms with E-state index in [2.05, 4.69) is 6.92 Å². The van der Waals surface area contributed by atoms with E-state index in [9.17, 15) is 0 Å². The van der Waals surface area contributed by atoms with Crippen molar-refractivity contribution < 1.29 is 9.47 Å². The predicted molar refractivity (Wildman–Crippen MR) is 63.4 cm³/mol. The van der Waals surface area contributed by atoms with E-state index in [-0.39, 0.29) is 12.1 Å². The van der Waals surface area contributed by atoms with Crippen LogP contribution in [0.4, 0.5) is 0 Å². The highest BCUT2D eigenvalue weighted by Gasteiger charge is 2.29. The first kappa shape index (κ1) is 11.4. The lowest BCUT2D eigenvalue weighted by atomic mass is 9.91. The molecule has 2 N–H and O–H groups in total. The molecular formula is C13H19NO2. The molecule has 0 spiro atoms. The first-order valence-corrected chi connectivity index (χ1v) is 5.72. The summed E-state index contributed by atoms with van der Waals surface area (Å²) in [6, 6.07) is 8.09. The standard InChI is InChI=1S/C13H19NO2/c1-9(8-15-2)13-7-11(14)10-5-3-4-6-12(10)16-13/h3-6,9,11,13H,7-8,14H2,1-2H3/t9?,11-,13?/m0/s1. The van der Waals surface area contributed by atoms with Gasteiger partial charge in [-0.2, -0.15) is 0 Å². The summed E-state index contributed by atoms with van der Waals surface area (Å²) in [4.78, 5) is 0. The van der Waals surface area contributed by atoms with Gasteiger partial charge in [-0.3, -0.25) is 0 Å². The summed E-state index contributed by atoms with van der Waals surface area (Å²) in [5.74, 6) is 1.29. The zero-order chi connectivity index (χ0) is 11.5. The monoisotopic (exact) mass is 221 g/mol. The van der Waals surface area contributed by atoms with Crippen molar-refractivity contribution in [3.05, 3.63) is 29.8 Å². The average molecular weight is 221 g/mol. The summed E-state index contributed by atoms with van der Waals surface area (Å²) < 4.78 is 11.1. The lowest BCUT2D eigenvalue weighted by Crippen LogP contribution is -2.35. The highest BCUT2D eigenvalue weighted by atomic mass is 16.5. The molecule has 0 aliphatic carbocycles. The Labute approximate surface area is 96.5 Å². The molecule has 1 aromatic carbocycles. The van der Waals surface area contributed by atoms with Crippen molar-refractivity contribution in [3.63, 3.8) is 0 Å². The van der Waals surface area contributed by atoms with Gasteiger partial charge in [-0.1, -0.05) is 25.1 Å². The van der Waals surface area contributed by atoms with Crippen LogP contribution >= 0.6 is 0 Å². The van der Waals surface area contributed by atoms with Crippen molar-refractivity contribution in [2.24, 2.45) is 11.7 Å². The summed E-state index contributed by atoms with van der Waals surface area (Å²) in [6.07, 6.45) is 1.02. The van der Waals surface area contributed by atoms with Crippen molar-refractivity contribution in [2.45, 2.75) is 25.5 Å². The van der Waals surface area contributed by atoms with Crippen molar-refractivity contribution in [1.29, 1.82) is 0 Å². The van der Waals surface area contributed by atoms with Crippen LogP contribution in [0.1, 0.15) is 24.9 Å². The molecule has 0 aromatic heterocycles. The summed E-state index contributed by atoms with van der Waals surface area (Å²) in [5, 5.41) is 0. The Kier molecular flexibility index (Phi) is 3.46. The van der Waals surface area contributed by atoms with Gasteiger partial charge in [-0.25, -0.2) is 0 Å². The van der Waals surface area contributed by atoms with Crippen LogP contribution in [0.25, 0.3) is 0 Å². The Bertz CT molecular complexity index is 354. The molecule has 1 aliphatic rings. The van der Waals surface area contributed by atoms with Crippen molar-refractivity contribution in [3.8, 4) is 5.75 Å². The molecule has 1 aliphatic heterocycles. The third-order valence-corrected chi connectivity index (χ3v) is 3.15. The number of rotatable bonds is 3. The zero-order valence-electron chi connectivity index (χ0n) is 9.85. The topological polar surface area (TPSA) is 44.5 Å². The van der Waals surface area contributed by atoms with E-state index in [1.54, 1.807) is 7.11 Å². The minimum Gasteiger partial charge on any atom is -0.490 e. The Balaban J connectivity index is 2.14. The second kappa shape index (κ2) is 4.85. The Morgan fingerprint density at radius 3 is 3.00 bits per heavy atom. The Morgan fingerprint density at radius 2 is 2.25 bits per heavy atom. The first-order valence-electron chi connectivity index (χ1n) is 5.72. The molecule has 0 bridgehead atoms. The minimum absolute atomic E-state index is 0.0780. The van der Waals surface area contributed by atoms with Crippen LogP contribution in [0, 0.1) is 5.92 Å². The van der Waals surface area contributed by atoms with Gasteiger partial charge in [0.25, 0.3) is 0 Å². The normalized spacial score (nSPS) is 25.7. The predicted octanol–water partition coefficient (Wildman–Crippen LogP) is 2.12. The minimum atomic E-state index is 0.0780. The Morgan fingerprint density at radius 1 is 1.50 bits per heavy atom. The smallest absolute Gasteiger partial charge is 0.124 e. The number of nitrogens with two attached hydrogens (primary N) is 1. The number of benzene rings is 1. The molecule has 1 aromatic rings. The molecule has 3 nitrogen and oxygen atoms in total. The molecule has 3 atom stereocenters. The second-order valence-electron chi connectivity index (χ2n) is 4.47. The van der Waals surface area contributed by atoms with E-state index in [4.69, 9.17) is 15.2 Å². The van der Waals surface area contributed by atoms with E-state index in [0.717, 1.165) is 17.7 Å². The fraction of sp³-hybridized carbons (Fsp3) is 0.538. The van der Waals surface area contributed by atoms with Gasteiger partial charge < -0.3 is 15.2 Å². The molecule has 1 heterocycles. The molecule has 3 heteroatoms. The van der Waals surface area contributed by atoms with Gasteiger partial charge in [0.2, 0.25) is 0 Å². The molecular weight excluding hydrogens is 202 g/mol. The van der Waals surface area contributed by atoms with E-state index in [0.29, 0.717) is 12.5 Å². The van der Waals surface area contributed by atoms with E-state index in [1.807, 2.05) is 24.3 Å². The summed E-state index contributed by atoms with van der Waals surface area (Å²) in [7, 11) is 1.72. The maximum Gasteiger partial charge on any atom is 0.124 e. The molecule has 0 saturated carbocycles. The van der Waals surface area contributed by atoms with Crippen LogP contribution in [-0.4, -0.2) is 19.8 Å². The fourth-order valence-corrected chi connectivity index (χ4v) is 2.20. The lowest BCUT2D eigenvalue weighted by Gasteiger charge is -2.33. The van der Waals surface area contributed by atoms with Crippen LogP contribution in [-0.2, 0) is 4.74 Å². The maximum absolute atomic E-state index is 6.15. The van der Waals surface area contributed by atoms with E-state index >= 15 is 0 Å². The number of ether oxygens (including phenoxy) is 2. The summed E-state index contributed by atoms with van der Waals surface area (Å²) in [6.45, 7) is 2.84. The molecule has 16 heavy (non-hydrogen) atoms. The molecule has 2 unspecified atom stereocenters. The molecule has 0 amide bonds. The number of fused-ring (bicyclic) bond motifs is 1. The van der Waals surface area contributed by atoms with Crippen molar-refractivity contribution in [1.82, 2.24) is 0 Å². The maximum atomic E-state index is 6.15. The van der Waals surface area contributed by atoms with Crippen LogP contribution < -0.4 is 10.5 Å². The van der Waals surface area contributed by atoms with Gasteiger partial charge in [-0.15, -0.1) is 0 Å². The van der Waals surface area contributed by atoms with Gasteiger partial charge in [0.1, 0.15) is 11.9 Å². The van der Waals surface area contributed by atoms with Crippen LogP contribution in [0.5, 0.6) is 5.75 Å². The van der Waals surface area contributed by atoms with E-state index < -0.39 is 0 Å². The van der Waals surface area contributed by atoms with Crippen LogP contribution in [0.2, 0.25) is 0 Å². The highest BCUT2D eigenvalue weighted by molar-refractivity contribution is 5.37. The van der Waals surface area contributed by atoms with Gasteiger partial charge in [0.05, 0.1) is 6.61 Å². The van der Waals surface area contributed by atoms with Crippen molar-refractivity contribution >= 4 is 0 Å². The second-order valence-corrected chi connectivity index (χ2v) is 4.47. The van der Waals surface area contributed by atoms with Gasteiger partial charge in [0, 0.05) is 31.1 Å². The largest absolute Gasteiger partial charge is 0.490 e. The number of para-hydroxylation sites is 1. The number of hydrogen-bond donors (Lipinski definition) is 1. The molecule has 0 radical (unpaired) electrons. The third kappa shape index (κ3) is 2.20. The summed E-state index contributed by atoms with van der Waals surface area (Å²) in [5.41, 5.74) is 7.26. The molecule has 2 rings (SSSR count). The fourth-order valence-electron chi connectivity index (χ4n) is 2.20. The van der Waals surface area contributed by atoms with Gasteiger partial charge >= 0.3 is 0 Å². The number of methoxy groups -OCH3 is 1. The van der Waals surface area contributed by atoms with Crippen LogP contribution in [0.3, 0.4) is 0 Å². The molecule has 88 valence electrons. The van der Waals surface area contributed by atoms with E-state index in [1.165, 1.54) is 0 Å². The van der Waals surface area contributed by atoms with Gasteiger partial charge in [-0.05, 0) is 6.07 Å². The van der Waals surface area contributed by atoms with Crippen LogP contribution in [0.15, 0.2) is 24.3 Å². The average Bonchev–Trinajstić information content (AvgIpc) is 2.29. The summed E-state index contributed by atoms with van der Waals surface area (Å²) >= 11 is 0. The SMILES string of the molecule is COCC(C)C1C[C@H](N)c2ccccc2O1. The quantitative estimate of drug-likeness (QED) is 0.850. The highest BCUT2D eigenvalue weighted by Crippen LogP contribution is 2.35. The number of hydrogen-bond acceptors (Lipinski definition) is 3. The zero-order valence-corrected chi connectivity index (χ0v) is 9.85. The first-order chi connectivity index (χ1) is 7.72. The molecule has 0 saturated heterocycles.